The van der Waals surface area contributed by atoms with Gasteiger partial charge in [0.15, 0.2) is 0 Å². The minimum absolute atomic E-state index is 0.853. The van der Waals surface area contributed by atoms with E-state index in [0.29, 0.717) is 0 Å². The van der Waals surface area contributed by atoms with Crippen molar-refractivity contribution in [2.24, 2.45) is 5.92 Å². The van der Waals surface area contributed by atoms with Gasteiger partial charge in [0.2, 0.25) is 0 Å². The summed E-state index contributed by atoms with van der Waals surface area (Å²) in [7, 11) is 0. The molecule has 1 aliphatic heterocycles. The molecule has 3 N–H and O–H groups in total. The maximum Gasteiger partial charge on any atom is 0.0739 e. The number of quaternary nitrogens is 1. The Labute approximate surface area is 56.4 Å². The van der Waals surface area contributed by atoms with Crippen LogP contribution in [0.15, 0.2) is 0 Å². The molecule has 0 aromatic heterocycles. The maximum absolute atomic E-state index is 5.23. The van der Waals surface area contributed by atoms with Crippen LogP contribution in [0.2, 0.25) is 0 Å². The Morgan fingerprint density at radius 3 is 3.00 bits per heavy atom. The molecule has 1 atom stereocenters. The molecule has 54 valence electrons. The second kappa shape index (κ2) is 3.85. The molecule has 2 heteroatoms. The van der Waals surface area contributed by atoms with Crippen LogP contribution in [0.1, 0.15) is 19.3 Å². The third-order valence-electron chi connectivity index (χ3n) is 1.89. The van der Waals surface area contributed by atoms with Crippen LogP contribution in [0.5, 0.6) is 0 Å². The summed E-state index contributed by atoms with van der Waals surface area (Å²) in [4.78, 5) is 0. The summed E-state index contributed by atoms with van der Waals surface area (Å²) in [5.74, 6) is 0.853. The predicted octanol–water partition coefficient (Wildman–Crippen LogP) is 0.0450. The van der Waals surface area contributed by atoms with Crippen LogP contribution >= 0.6 is 0 Å². The lowest BCUT2D eigenvalue weighted by molar-refractivity contribution is -0.368. The summed E-state index contributed by atoms with van der Waals surface area (Å²) in [5, 5.41) is 0. The van der Waals surface area contributed by atoms with E-state index in [-0.39, 0.29) is 0 Å². The first kappa shape index (κ1) is 7.03. The Morgan fingerprint density at radius 1 is 1.56 bits per heavy atom. The molecule has 0 saturated carbocycles. The fourth-order valence-corrected chi connectivity index (χ4v) is 1.24. The largest absolute Gasteiger partial charge is 0.381 e. The molecule has 0 unspecified atom stereocenters. The molecule has 1 aliphatic rings. The Balaban J connectivity index is 1.98. The van der Waals surface area contributed by atoms with Gasteiger partial charge in [-0.15, -0.1) is 0 Å². The zero-order valence-corrected chi connectivity index (χ0v) is 5.94. The molecule has 0 aromatic rings. The maximum atomic E-state index is 5.23. The Kier molecular flexibility index (Phi) is 3.01. The monoisotopic (exact) mass is 130 g/mol. The SMILES string of the molecule is [NH3+]CCC[C@H]1CCOC1. The topological polar surface area (TPSA) is 36.9 Å². The first-order valence-electron chi connectivity index (χ1n) is 3.80. The summed E-state index contributed by atoms with van der Waals surface area (Å²) >= 11 is 0. The summed E-state index contributed by atoms with van der Waals surface area (Å²) in [6.45, 7) is 3.07. The molecule has 1 rings (SSSR count). The molecule has 9 heavy (non-hydrogen) atoms. The van der Waals surface area contributed by atoms with Crippen LogP contribution in [0.3, 0.4) is 0 Å². The molecule has 0 bridgehead atoms. The van der Waals surface area contributed by atoms with E-state index in [4.69, 9.17) is 4.74 Å². The lowest BCUT2D eigenvalue weighted by Gasteiger charge is -2.02. The van der Waals surface area contributed by atoms with Crippen LogP contribution in [0.4, 0.5) is 0 Å². The van der Waals surface area contributed by atoms with E-state index in [2.05, 4.69) is 5.73 Å². The van der Waals surface area contributed by atoms with E-state index < -0.39 is 0 Å². The lowest BCUT2D eigenvalue weighted by Crippen LogP contribution is -2.50. The van der Waals surface area contributed by atoms with Crippen molar-refractivity contribution in [3.63, 3.8) is 0 Å². The lowest BCUT2D eigenvalue weighted by atomic mass is 10.0. The molecule has 2 nitrogen and oxygen atoms in total. The van der Waals surface area contributed by atoms with E-state index in [0.717, 1.165) is 25.7 Å². The second-order valence-electron chi connectivity index (χ2n) is 2.73. The highest BCUT2D eigenvalue weighted by Gasteiger charge is 2.14. The van der Waals surface area contributed by atoms with Gasteiger partial charge < -0.3 is 10.5 Å². The fraction of sp³-hybridized carbons (Fsp3) is 1.00. The fourth-order valence-electron chi connectivity index (χ4n) is 1.24. The standard InChI is InChI=1S/C7H15NO/c8-4-1-2-7-3-5-9-6-7/h7H,1-6,8H2/p+1/t7-/m0/s1. The van der Waals surface area contributed by atoms with Gasteiger partial charge in [-0.1, -0.05) is 0 Å². The summed E-state index contributed by atoms with van der Waals surface area (Å²) in [6, 6.07) is 0. The Bertz CT molecular complexity index is 69.3. The highest BCUT2D eigenvalue weighted by Crippen LogP contribution is 2.16. The molecular weight excluding hydrogens is 114 g/mol. The molecular formula is C7H16NO+. The average Bonchev–Trinajstić information content (AvgIpc) is 2.34. The van der Waals surface area contributed by atoms with Gasteiger partial charge >= 0.3 is 0 Å². The van der Waals surface area contributed by atoms with Gasteiger partial charge in [0.1, 0.15) is 0 Å². The van der Waals surface area contributed by atoms with E-state index >= 15 is 0 Å². The number of hydrogen-bond acceptors (Lipinski definition) is 1. The predicted molar refractivity (Wildman–Crippen MR) is 35.9 cm³/mol. The third-order valence-corrected chi connectivity index (χ3v) is 1.89. The van der Waals surface area contributed by atoms with Crippen molar-refractivity contribution in [1.29, 1.82) is 0 Å². The van der Waals surface area contributed by atoms with Crippen molar-refractivity contribution in [1.82, 2.24) is 0 Å². The molecule has 0 radical (unpaired) electrons. The Hall–Kier alpha value is -0.0800. The quantitative estimate of drug-likeness (QED) is 0.575. The number of ether oxygens (including phenoxy) is 1. The molecule has 1 saturated heterocycles. The summed E-state index contributed by atoms with van der Waals surface area (Å²) in [6.07, 6.45) is 3.87. The average molecular weight is 130 g/mol. The zero-order valence-electron chi connectivity index (χ0n) is 5.94. The zero-order chi connectivity index (χ0) is 6.53. The minimum atomic E-state index is 0.853. The molecule has 0 aliphatic carbocycles. The van der Waals surface area contributed by atoms with Crippen molar-refractivity contribution in [2.75, 3.05) is 19.8 Å². The van der Waals surface area contributed by atoms with E-state index in [9.17, 15) is 0 Å². The molecule has 1 fully saturated rings. The summed E-state index contributed by atoms with van der Waals surface area (Å²) < 4.78 is 5.23. The highest BCUT2D eigenvalue weighted by molar-refractivity contribution is 4.63. The van der Waals surface area contributed by atoms with Crippen LogP contribution in [-0.4, -0.2) is 19.8 Å². The van der Waals surface area contributed by atoms with Crippen LogP contribution in [0.25, 0.3) is 0 Å². The second-order valence-corrected chi connectivity index (χ2v) is 2.73. The van der Waals surface area contributed by atoms with E-state index in [1.807, 2.05) is 0 Å². The van der Waals surface area contributed by atoms with Crippen LogP contribution in [0, 0.1) is 5.92 Å². The first-order valence-corrected chi connectivity index (χ1v) is 3.80. The van der Waals surface area contributed by atoms with Gasteiger partial charge in [0.25, 0.3) is 0 Å². The van der Waals surface area contributed by atoms with Gasteiger partial charge in [-0.25, -0.2) is 0 Å². The Morgan fingerprint density at radius 2 is 2.44 bits per heavy atom. The van der Waals surface area contributed by atoms with E-state index in [1.54, 1.807) is 0 Å². The highest BCUT2D eigenvalue weighted by atomic mass is 16.5. The van der Waals surface area contributed by atoms with Crippen molar-refractivity contribution in [3.8, 4) is 0 Å². The van der Waals surface area contributed by atoms with Crippen molar-refractivity contribution in [3.05, 3.63) is 0 Å². The van der Waals surface area contributed by atoms with E-state index in [1.165, 1.54) is 19.3 Å². The van der Waals surface area contributed by atoms with Gasteiger partial charge in [-0.2, -0.15) is 0 Å². The molecule has 0 aromatic carbocycles. The summed E-state index contributed by atoms with van der Waals surface area (Å²) in [5.41, 5.74) is 3.81. The van der Waals surface area contributed by atoms with Gasteiger partial charge in [-0.3, -0.25) is 0 Å². The molecule has 0 amide bonds. The normalized spacial score (nSPS) is 27.0. The number of hydrogen-bond donors (Lipinski definition) is 1. The van der Waals surface area contributed by atoms with Crippen LogP contribution in [-0.2, 0) is 4.74 Å². The van der Waals surface area contributed by atoms with Crippen molar-refractivity contribution >= 4 is 0 Å². The van der Waals surface area contributed by atoms with Gasteiger partial charge in [-0.05, 0) is 25.2 Å². The van der Waals surface area contributed by atoms with Gasteiger partial charge in [0, 0.05) is 13.2 Å². The van der Waals surface area contributed by atoms with Crippen LogP contribution < -0.4 is 5.73 Å². The van der Waals surface area contributed by atoms with Crippen molar-refractivity contribution in [2.45, 2.75) is 19.3 Å². The minimum Gasteiger partial charge on any atom is -0.381 e. The first-order chi connectivity index (χ1) is 4.43. The number of rotatable bonds is 3. The molecule has 1 heterocycles. The smallest absolute Gasteiger partial charge is 0.0739 e. The third kappa shape index (κ3) is 2.33. The molecule has 0 spiro atoms. The van der Waals surface area contributed by atoms with Crippen molar-refractivity contribution < 1.29 is 10.5 Å². The van der Waals surface area contributed by atoms with Gasteiger partial charge in [0.05, 0.1) is 6.54 Å².